The summed E-state index contributed by atoms with van der Waals surface area (Å²) in [6, 6.07) is 1.02. The van der Waals surface area contributed by atoms with Gasteiger partial charge in [0.1, 0.15) is 0 Å². The Labute approximate surface area is 115 Å². The molecule has 0 N–H and O–H groups in total. The van der Waals surface area contributed by atoms with Gasteiger partial charge in [-0.25, -0.2) is 0 Å². The Morgan fingerprint density at radius 1 is 1.29 bits per heavy atom. The van der Waals surface area contributed by atoms with Gasteiger partial charge in [0, 0.05) is 0 Å². The highest BCUT2D eigenvalue weighted by Gasteiger charge is 2.23. The van der Waals surface area contributed by atoms with Crippen LogP contribution >= 0.6 is 0 Å². The second-order valence-corrected chi connectivity index (χ2v) is 15.2. The molecule has 0 rings (SSSR count). The van der Waals surface area contributed by atoms with Crippen LogP contribution in [0.25, 0.3) is 0 Å². The van der Waals surface area contributed by atoms with E-state index in [1.807, 2.05) is 0 Å². The van der Waals surface area contributed by atoms with Gasteiger partial charge in [0.25, 0.3) is 0 Å². The van der Waals surface area contributed by atoms with Crippen molar-refractivity contribution in [3.63, 3.8) is 0 Å². The summed E-state index contributed by atoms with van der Waals surface area (Å²) in [5, 5.41) is 0. The van der Waals surface area contributed by atoms with Gasteiger partial charge < -0.3 is 8.23 Å². The Morgan fingerprint density at radius 3 is 2.35 bits per heavy atom. The van der Waals surface area contributed by atoms with Crippen LogP contribution in [-0.2, 0) is 8.23 Å². The lowest BCUT2D eigenvalue weighted by Crippen LogP contribution is -2.35. The van der Waals surface area contributed by atoms with Gasteiger partial charge in [-0.15, -0.1) is 0 Å². The van der Waals surface area contributed by atoms with Crippen LogP contribution in [0.15, 0.2) is 12.2 Å². The third kappa shape index (κ3) is 10.2. The minimum atomic E-state index is -1.49. The topological polar surface area (TPSA) is 18.5 Å². The van der Waals surface area contributed by atoms with E-state index in [0.717, 1.165) is 11.7 Å². The van der Waals surface area contributed by atoms with Crippen LogP contribution in [-0.4, -0.2) is 36.9 Å². The molecule has 2 nitrogen and oxygen atoms in total. The molecule has 0 aromatic heterocycles. The van der Waals surface area contributed by atoms with E-state index in [0.29, 0.717) is 25.4 Å². The molecule has 0 heterocycles. The molecule has 6 heteroatoms. The second-order valence-electron chi connectivity index (χ2n) is 5.48. The zero-order valence-corrected chi connectivity index (χ0v) is 16.2. The van der Waals surface area contributed by atoms with Gasteiger partial charge in [-0.05, 0) is 43.8 Å². The van der Waals surface area contributed by atoms with E-state index in [4.69, 9.17) is 8.23 Å². The fourth-order valence-electron chi connectivity index (χ4n) is 0.946. The molecule has 0 saturated heterocycles. The average Bonchev–Trinajstić information content (AvgIpc) is 2.15. The maximum atomic E-state index is 6.08. The molecule has 0 aliphatic heterocycles. The molecule has 0 aliphatic rings. The third-order valence-electron chi connectivity index (χ3n) is 2.28. The van der Waals surface area contributed by atoms with Gasteiger partial charge in [0.2, 0.25) is 19.5 Å². The molecule has 4 radical (unpaired) electrons. The van der Waals surface area contributed by atoms with E-state index in [1.54, 1.807) is 0 Å². The van der Waals surface area contributed by atoms with Crippen LogP contribution in [0.1, 0.15) is 13.8 Å². The molecule has 0 unspecified atom stereocenters. The molecular weight excluding hydrogens is 276 g/mol. The maximum Gasteiger partial charge on any atom is 0.219 e. The van der Waals surface area contributed by atoms with Gasteiger partial charge in [0.05, 0.1) is 0 Å². The van der Waals surface area contributed by atoms with Crippen LogP contribution in [0.5, 0.6) is 0 Å². The minimum absolute atomic E-state index is 0.577. The molecule has 0 atom stereocenters. The summed E-state index contributed by atoms with van der Waals surface area (Å²) in [4.78, 5) is 0. The van der Waals surface area contributed by atoms with Crippen molar-refractivity contribution in [1.29, 1.82) is 0 Å². The van der Waals surface area contributed by atoms with Gasteiger partial charge in [-0.1, -0.05) is 26.0 Å². The Morgan fingerprint density at radius 2 is 1.88 bits per heavy atom. The van der Waals surface area contributed by atoms with Crippen molar-refractivity contribution >= 4 is 36.9 Å². The predicted octanol–water partition coefficient (Wildman–Crippen LogP) is 3.03. The van der Waals surface area contributed by atoms with Crippen molar-refractivity contribution in [3.8, 4) is 0 Å². The van der Waals surface area contributed by atoms with Gasteiger partial charge >= 0.3 is 0 Å². The number of hydrogen-bond acceptors (Lipinski definition) is 2. The molecule has 0 bridgehead atoms. The van der Waals surface area contributed by atoms with Crippen molar-refractivity contribution in [2.45, 2.75) is 51.7 Å². The first-order chi connectivity index (χ1) is 7.74. The van der Waals surface area contributed by atoms with Crippen LogP contribution in [0.3, 0.4) is 0 Å². The van der Waals surface area contributed by atoms with Gasteiger partial charge in [0.15, 0.2) is 17.4 Å². The summed E-state index contributed by atoms with van der Waals surface area (Å²) in [6.07, 6.45) is 0. The van der Waals surface area contributed by atoms with E-state index in [9.17, 15) is 0 Å². The Bertz CT molecular complexity index is 230. The zero-order chi connectivity index (χ0) is 13.5. The van der Waals surface area contributed by atoms with E-state index in [-0.39, 0.29) is 0 Å². The number of allylic oxidation sites excluding steroid dienone is 1. The standard InChI is InChI=1S/C11H26O2Si4/c1-10(2)11(3)8-14-13-17(6,7)9-15-12-16(4)5/h10,16H,3,8-9H2,1-2,4-7H3. The highest BCUT2D eigenvalue weighted by atomic mass is 28.4. The fourth-order valence-corrected chi connectivity index (χ4v) is 8.14. The zero-order valence-electron chi connectivity index (χ0n) is 12.1. The lowest BCUT2D eigenvalue weighted by Gasteiger charge is -2.23. The predicted molar refractivity (Wildman–Crippen MR) is 83.6 cm³/mol. The normalized spacial score (nSPS) is 12.5. The Hall–Kier alpha value is 0.528. The van der Waals surface area contributed by atoms with E-state index in [2.05, 4.69) is 46.6 Å². The summed E-state index contributed by atoms with van der Waals surface area (Å²) >= 11 is 0. The molecular formula is C11H26O2Si4. The highest BCUT2D eigenvalue weighted by Crippen LogP contribution is 2.14. The Kier molecular flexibility index (Phi) is 8.87. The first kappa shape index (κ1) is 17.5. The fraction of sp³-hybridized carbons (Fsp3) is 0.818. The number of rotatable bonds is 9. The molecule has 98 valence electrons. The summed E-state index contributed by atoms with van der Waals surface area (Å²) in [7, 11) is -1.11. The highest BCUT2D eigenvalue weighted by molar-refractivity contribution is 6.82. The summed E-state index contributed by atoms with van der Waals surface area (Å²) in [5.74, 6) is 0.577. The second kappa shape index (κ2) is 8.60. The van der Waals surface area contributed by atoms with E-state index in [1.165, 1.54) is 5.57 Å². The first-order valence-electron chi connectivity index (χ1n) is 6.21. The quantitative estimate of drug-likeness (QED) is 0.481. The van der Waals surface area contributed by atoms with Gasteiger partial charge in [-0.3, -0.25) is 0 Å². The monoisotopic (exact) mass is 302 g/mol. The molecule has 0 aliphatic carbocycles. The van der Waals surface area contributed by atoms with Crippen molar-refractivity contribution in [3.05, 3.63) is 12.2 Å². The van der Waals surface area contributed by atoms with Crippen LogP contribution in [0.2, 0.25) is 37.9 Å². The molecule has 0 fully saturated rings. The van der Waals surface area contributed by atoms with Crippen LogP contribution in [0.4, 0.5) is 0 Å². The SMILES string of the molecule is C=C(C[Si]O[Si](C)(C)C[Si]O[SiH](C)C)C(C)C. The summed E-state index contributed by atoms with van der Waals surface area (Å²) in [6.45, 7) is 17.5. The minimum Gasteiger partial charge on any atom is -0.459 e. The van der Waals surface area contributed by atoms with Crippen LogP contribution < -0.4 is 0 Å². The third-order valence-corrected chi connectivity index (χ3v) is 12.2. The first-order valence-corrected chi connectivity index (χ1v) is 14.3. The lowest BCUT2D eigenvalue weighted by molar-refractivity contribution is 0.580. The molecule has 0 aromatic carbocycles. The maximum absolute atomic E-state index is 6.08. The molecule has 0 spiro atoms. The average molecular weight is 303 g/mol. The van der Waals surface area contributed by atoms with Gasteiger partial charge in [-0.2, -0.15) is 0 Å². The van der Waals surface area contributed by atoms with Crippen molar-refractivity contribution in [2.24, 2.45) is 5.92 Å². The lowest BCUT2D eigenvalue weighted by atomic mass is 10.1. The van der Waals surface area contributed by atoms with Crippen LogP contribution in [0, 0.1) is 5.92 Å². The van der Waals surface area contributed by atoms with E-state index >= 15 is 0 Å². The van der Waals surface area contributed by atoms with Crippen molar-refractivity contribution in [2.75, 3.05) is 0 Å². The summed E-state index contributed by atoms with van der Waals surface area (Å²) in [5.41, 5.74) is 2.45. The number of hydrogen-bond donors (Lipinski definition) is 0. The Balaban J connectivity index is 3.74. The molecule has 0 aromatic rings. The van der Waals surface area contributed by atoms with Crippen molar-refractivity contribution in [1.82, 2.24) is 0 Å². The largest absolute Gasteiger partial charge is 0.459 e. The van der Waals surface area contributed by atoms with Crippen molar-refractivity contribution < 1.29 is 8.23 Å². The molecule has 0 amide bonds. The smallest absolute Gasteiger partial charge is 0.219 e. The summed E-state index contributed by atoms with van der Waals surface area (Å²) < 4.78 is 11.8. The molecule has 0 saturated carbocycles. The molecule has 17 heavy (non-hydrogen) atoms. The van der Waals surface area contributed by atoms with E-state index < -0.39 is 17.4 Å².